The molecule has 2 aliphatic rings. The van der Waals surface area contributed by atoms with Gasteiger partial charge in [-0.3, -0.25) is 9.20 Å². The third-order valence-corrected chi connectivity index (χ3v) is 8.15. The van der Waals surface area contributed by atoms with E-state index in [1.807, 2.05) is 0 Å². The van der Waals surface area contributed by atoms with Crippen molar-refractivity contribution >= 4 is 34.9 Å². The molecule has 10 nitrogen and oxygen atoms in total. The van der Waals surface area contributed by atoms with Crippen molar-refractivity contribution in [2.45, 2.75) is 31.9 Å². The predicted molar refractivity (Wildman–Crippen MR) is 150 cm³/mol. The Morgan fingerprint density at radius 3 is 2.60 bits per heavy atom. The lowest BCUT2D eigenvalue weighted by atomic mass is 9.71. The molecule has 2 fully saturated rings. The van der Waals surface area contributed by atoms with Gasteiger partial charge in [0.05, 0.1) is 5.56 Å². The van der Waals surface area contributed by atoms with Gasteiger partial charge in [0, 0.05) is 54.8 Å². The van der Waals surface area contributed by atoms with Crippen LogP contribution in [0.15, 0.2) is 54.6 Å². The molecule has 4 N–H and O–H groups in total. The zero-order chi connectivity index (χ0) is 30.4. The number of nitrogens with zero attached hydrogens (tertiary/aromatic N) is 5. The van der Waals surface area contributed by atoms with Crippen molar-refractivity contribution in [3.63, 3.8) is 0 Å². The van der Waals surface area contributed by atoms with Gasteiger partial charge in [0.2, 0.25) is 5.95 Å². The topological polar surface area (TPSA) is 131 Å². The standard InChI is InChI=1S/C29H26F4N8O2/c30-20-14-17(26(43)38-22-15-18(4-9-36-22)29(31,32)33)2-3-19(20)23-24-25(34)37-10-13-41(24)27(39-23)40-11-6-28(7-12-40)5-1-8-35-21(28)16-42/h2-4,9-10,13-15,35H,1,5-8,11-12H2,(H2,34,37)(H,36,38,43). The summed E-state index contributed by atoms with van der Waals surface area (Å²) in [5, 5.41) is 5.47. The molecule has 0 atom stereocenters. The third kappa shape index (κ3) is 5.14. The number of fused-ring (bicyclic) bond motifs is 1. The maximum atomic E-state index is 15.6. The summed E-state index contributed by atoms with van der Waals surface area (Å²) in [6.07, 6.45) is 2.81. The van der Waals surface area contributed by atoms with E-state index in [4.69, 9.17) is 10.7 Å². The fourth-order valence-corrected chi connectivity index (χ4v) is 5.90. The number of carbonyl (C=O) groups is 1. The first-order valence-corrected chi connectivity index (χ1v) is 13.6. The Morgan fingerprint density at radius 1 is 1.09 bits per heavy atom. The van der Waals surface area contributed by atoms with Crippen LogP contribution in [-0.2, 0) is 11.0 Å². The highest BCUT2D eigenvalue weighted by Crippen LogP contribution is 2.44. The summed E-state index contributed by atoms with van der Waals surface area (Å²) >= 11 is 0. The summed E-state index contributed by atoms with van der Waals surface area (Å²) in [6, 6.07) is 5.15. The van der Waals surface area contributed by atoms with Crippen molar-refractivity contribution < 1.29 is 27.2 Å². The summed E-state index contributed by atoms with van der Waals surface area (Å²) in [4.78, 5) is 39.1. The summed E-state index contributed by atoms with van der Waals surface area (Å²) in [6.45, 7) is 1.95. The molecule has 2 saturated heterocycles. The van der Waals surface area contributed by atoms with Crippen molar-refractivity contribution in [3.05, 3.63) is 71.6 Å². The minimum absolute atomic E-state index is 0.0633. The normalized spacial score (nSPS) is 16.7. The third-order valence-electron chi connectivity index (χ3n) is 8.15. The summed E-state index contributed by atoms with van der Waals surface area (Å²) in [5.41, 5.74) is 6.15. The average Bonchev–Trinajstić information content (AvgIpc) is 3.38. The molecular formula is C29H26F4N8O2. The number of benzene rings is 1. The van der Waals surface area contributed by atoms with Gasteiger partial charge in [-0.25, -0.2) is 24.1 Å². The minimum Gasteiger partial charge on any atom is -0.382 e. The number of piperidine rings is 2. The number of alkyl halides is 3. The molecule has 0 saturated carbocycles. The van der Waals surface area contributed by atoms with E-state index in [-0.39, 0.29) is 33.9 Å². The first kappa shape index (κ1) is 28.2. The Labute approximate surface area is 242 Å². The van der Waals surface area contributed by atoms with Gasteiger partial charge in [0.25, 0.3) is 5.91 Å². The van der Waals surface area contributed by atoms with Crippen LogP contribution in [0.1, 0.15) is 41.6 Å². The average molecular weight is 595 g/mol. The Hall–Kier alpha value is -4.97. The second-order valence-corrected chi connectivity index (χ2v) is 10.6. The summed E-state index contributed by atoms with van der Waals surface area (Å²) < 4.78 is 56.4. The van der Waals surface area contributed by atoms with Crippen molar-refractivity contribution in [1.29, 1.82) is 0 Å². The minimum atomic E-state index is -4.61. The number of anilines is 3. The molecule has 1 aromatic carbocycles. The lowest BCUT2D eigenvalue weighted by Crippen LogP contribution is -2.47. The fourth-order valence-electron chi connectivity index (χ4n) is 5.90. The Kier molecular flexibility index (Phi) is 7.01. The van der Waals surface area contributed by atoms with Crippen LogP contribution in [0.3, 0.4) is 0 Å². The quantitative estimate of drug-likeness (QED) is 0.233. The van der Waals surface area contributed by atoms with Crippen LogP contribution in [-0.4, -0.2) is 50.8 Å². The zero-order valence-corrected chi connectivity index (χ0v) is 22.7. The van der Waals surface area contributed by atoms with E-state index in [0.29, 0.717) is 49.2 Å². The predicted octanol–water partition coefficient (Wildman–Crippen LogP) is 4.47. The number of hydrogen-bond acceptors (Lipinski definition) is 8. The Balaban J connectivity index is 1.29. The number of nitrogen functional groups attached to an aromatic ring is 1. The van der Waals surface area contributed by atoms with E-state index in [1.165, 1.54) is 18.3 Å². The molecule has 222 valence electrons. The molecule has 0 unspecified atom stereocenters. The van der Waals surface area contributed by atoms with Gasteiger partial charge in [0.1, 0.15) is 40.3 Å². The number of nitrogens with two attached hydrogens (primary N) is 1. The lowest BCUT2D eigenvalue weighted by molar-refractivity contribution is -0.137. The van der Waals surface area contributed by atoms with E-state index >= 15 is 4.39 Å². The highest BCUT2D eigenvalue weighted by molar-refractivity contribution is 6.04. The van der Waals surface area contributed by atoms with Gasteiger partial charge >= 0.3 is 6.18 Å². The number of allylic oxidation sites excluding steroid dienone is 1. The van der Waals surface area contributed by atoms with Crippen LogP contribution in [0.25, 0.3) is 16.8 Å². The van der Waals surface area contributed by atoms with Gasteiger partial charge in [-0.05, 0) is 56.0 Å². The van der Waals surface area contributed by atoms with E-state index in [9.17, 15) is 22.8 Å². The summed E-state index contributed by atoms with van der Waals surface area (Å²) in [7, 11) is 0. The van der Waals surface area contributed by atoms with Crippen LogP contribution < -0.4 is 21.3 Å². The molecule has 14 heteroatoms. The smallest absolute Gasteiger partial charge is 0.382 e. The number of hydrogen-bond donors (Lipinski definition) is 3. The molecule has 1 spiro atoms. The second-order valence-electron chi connectivity index (χ2n) is 10.6. The van der Waals surface area contributed by atoms with Gasteiger partial charge in [0.15, 0.2) is 0 Å². The van der Waals surface area contributed by atoms with Gasteiger partial charge in [-0.15, -0.1) is 0 Å². The number of pyridine rings is 1. The fraction of sp³-hybridized carbons (Fsp3) is 0.310. The van der Waals surface area contributed by atoms with E-state index in [2.05, 4.69) is 31.4 Å². The molecule has 0 radical (unpaired) electrons. The number of aromatic nitrogens is 4. The number of amides is 1. The highest BCUT2D eigenvalue weighted by Gasteiger charge is 2.41. The Bertz CT molecular complexity index is 1770. The van der Waals surface area contributed by atoms with Gasteiger partial charge < -0.3 is 21.3 Å². The molecule has 1 amide bonds. The van der Waals surface area contributed by atoms with Crippen LogP contribution >= 0.6 is 0 Å². The molecule has 4 aromatic rings. The number of imidazole rings is 1. The monoisotopic (exact) mass is 594 g/mol. The van der Waals surface area contributed by atoms with Crippen molar-refractivity contribution in [3.8, 4) is 11.3 Å². The number of carbonyl (C=O) groups excluding carboxylic acids is 2. The van der Waals surface area contributed by atoms with E-state index in [0.717, 1.165) is 37.7 Å². The maximum Gasteiger partial charge on any atom is 0.416 e. The number of halogens is 4. The molecule has 0 bridgehead atoms. The molecule has 6 rings (SSSR count). The van der Waals surface area contributed by atoms with Gasteiger partial charge in [-0.1, -0.05) is 0 Å². The first-order chi connectivity index (χ1) is 20.6. The van der Waals surface area contributed by atoms with Crippen molar-refractivity contribution in [2.75, 3.05) is 35.6 Å². The number of rotatable bonds is 4. The molecule has 3 aromatic heterocycles. The number of nitrogens with one attached hydrogen (secondary N) is 2. The molecule has 2 aliphatic heterocycles. The van der Waals surface area contributed by atoms with Gasteiger partial charge in [-0.2, -0.15) is 13.2 Å². The van der Waals surface area contributed by atoms with E-state index < -0.39 is 23.5 Å². The van der Waals surface area contributed by atoms with Crippen LogP contribution in [0.4, 0.5) is 35.1 Å². The van der Waals surface area contributed by atoms with Crippen molar-refractivity contribution in [2.24, 2.45) is 5.41 Å². The van der Waals surface area contributed by atoms with Crippen LogP contribution in [0.5, 0.6) is 0 Å². The molecule has 43 heavy (non-hydrogen) atoms. The summed E-state index contributed by atoms with van der Waals surface area (Å²) in [5.74, 6) is 0.812. The van der Waals surface area contributed by atoms with E-state index in [1.54, 1.807) is 10.6 Å². The largest absolute Gasteiger partial charge is 0.416 e. The molecule has 0 aliphatic carbocycles. The van der Waals surface area contributed by atoms with Crippen LogP contribution in [0.2, 0.25) is 0 Å². The molecular weight excluding hydrogens is 568 g/mol. The highest BCUT2D eigenvalue weighted by atomic mass is 19.4. The van der Waals surface area contributed by atoms with Crippen molar-refractivity contribution in [1.82, 2.24) is 24.7 Å². The molecule has 5 heterocycles. The lowest BCUT2D eigenvalue weighted by Gasteiger charge is -2.44. The SMILES string of the molecule is Nc1nccn2c(N3CCC4(CCCNC4=C=O)CC3)nc(-c3ccc(C(=O)Nc4cc(C(F)(F)F)ccn4)cc3F)c12. The van der Waals surface area contributed by atoms with Crippen LogP contribution in [0, 0.1) is 11.2 Å². The second kappa shape index (κ2) is 10.7. The maximum absolute atomic E-state index is 15.6. The Morgan fingerprint density at radius 2 is 1.88 bits per heavy atom. The first-order valence-electron chi connectivity index (χ1n) is 13.6. The zero-order valence-electron chi connectivity index (χ0n) is 22.7.